The highest BCUT2D eigenvalue weighted by atomic mass is 35.5. The average Bonchev–Trinajstić information content (AvgIpc) is 3.34. The van der Waals surface area contributed by atoms with Crippen molar-refractivity contribution in [1.82, 2.24) is 19.6 Å². The van der Waals surface area contributed by atoms with E-state index < -0.39 is 25.8 Å². The zero-order chi connectivity index (χ0) is 24.6. The SMILES string of the molecule is Cc1c(NS(=O)(=O)c2nnc(NC(=O)c3ccc(Cl)cc3Cl)s2)c(=O)n(-c2ccccc2)n1C. The van der Waals surface area contributed by atoms with E-state index in [-0.39, 0.29) is 21.4 Å². The normalized spacial score (nSPS) is 11.4. The van der Waals surface area contributed by atoms with Gasteiger partial charge in [0.2, 0.25) is 5.13 Å². The second kappa shape index (κ2) is 9.22. The first kappa shape index (κ1) is 24.0. The summed E-state index contributed by atoms with van der Waals surface area (Å²) in [5.41, 5.74) is 0.425. The summed E-state index contributed by atoms with van der Waals surface area (Å²) in [6.45, 7) is 1.61. The Kier molecular flexibility index (Phi) is 6.49. The molecule has 0 aliphatic carbocycles. The highest BCUT2D eigenvalue weighted by molar-refractivity contribution is 7.94. The van der Waals surface area contributed by atoms with Crippen molar-refractivity contribution in [3.05, 3.63) is 80.2 Å². The van der Waals surface area contributed by atoms with E-state index in [0.717, 1.165) is 0 Å². The monoisotopic (exact) mass is 538 g/mol. The van der Waals surface area contributed by atoms with Crippen LogP contribution in [0.15, 0.2) is 57.7 Å². The highest BCUT2D eigenvalue weighted by Gasteiger charge is 2.26. The molecule has 2 aromatic carbocycles. The van der Waals surface area contributed by atoms with Gasteiger partial charge in [0.05, 0.1) is 22.0 Å². The van der Waals surface area contributed by atoms with Crippen molar-refractivity contribution in [2.24, 2.45) is 7.05 Å². The molecule has 0 bridgehead atoms. The van der Waals surface area contributed by atoms with Crippen LogP contribution in [0.3, 0.4) is 0 Å². The summed E-state index contributed by atoms with van der Waals surface area (Å²) in [7, 11) is -2.62. The Hall–Kier alpha value is -3.19. The fraction of sp³-hybridized carbons (Fsp3) is 0.100. The quantitative estimate of drug-likeness (QED) is 0.360. The molecule has 2 N–H and O–H groups in total. The molecule has 1 amide bonds. The van der Waals surface area contributed by atoms with Gasteiger partial charge in [-0.3, -0.25) is 24.3 Å². The van der Waals surface area contributed by atoms with Crippen LogP contribution in [0.4, 0.5) is 10.8 Å². The average molecular weight is 539 g/mol. The molecule has 2 aromatic heterocycles. The van der Waals surface area contributed by atoms with Gasteiger partial charge >= 0.3 is 0 Å². The van der Waals surface area contributed by atoms with E-state index in [0.29, 0.717) is 27.7 Å². The Labute approximate surface area is 207 Å². The molecule has 0 saturated carbocycles. The topological polar surface area (TPSA) is 128 Å². The molecule has 0 aliphatic heterocycles. The van der Waals surface area contributed by atoms with Crippen molar-refractivity contribution >= 4 is 61.3 Å². The van der Waals surface area contributed by atoms with E-state index in [4.69, 9.17) is 23.2 Å². The predicted octanol–water partition coefficient (Wildman–Crippen LogP) is 3.70. The minimum atomic E-state index is -4.26. The number of para-hydroxylation sites is 1. The zero-order valence-electron chi connectivity index (χ0n) is 17.6. The lowest BCUT2D eigenvalue weighted by Gasteiger charge is -2.07. The van der Waals surface area contributed by atoms with Crippen molar-refractivity contribution in [3.8, 4) is 5.69 Å². The minimum Gasteiger partial charge on any atom is -0.296 e. The van der Waals surface area contributed by atoms with Crippen molar-refractivity contribution in [1.29, 1.82) is 0 Å². The summed E-state index contributed by atoms with van der Waals surface area (Å²) < 4.78 is 30.6. The van der Waals surface area contributed by atoms with Gasteiger partial charge in [-0.05, 0) is 37.3 Å². The molecule has 4 aromatic rings. The van der Waals surface area contributed by atoms with Gasteiger partial charge in [0, 0.05) is 12.1 Å². The fourth-order valence-corrected chi connectivity index (χ4v) is 5.58. The predicted molar refractivity (Wildman–Crippen MR) is 131 cm³/mol. The standard InChI is InChI=1S/C20H16Cl2N6O4S2/c1-11-16(18(30)28(27(11)2)13-6-4-3-5-7-13)26-34(31,32)20-25-24-19(33-20)23-17(29)14-9-8-12(21)10-15(14)22/h3-10,26H,1-2H3,(H,23,24,29). The molecule has 14 heteroatoms. The Morgan fingerprint density at radius 2 is 1.79 bits per heavy atom. The summed E-state index contributed by atoms with van der Waals surface area (Å²) >= 11 is 12.5. The van der Waals surface area contributed by atoms with Crippen molar-refractivity contribution in [2.45, 2.75) is 11.3 Å². The van der Waals surface area contributed by atoms with Crippen LogP contribution >= 0.6 is 34.5 Å². The van der Waals surface area contributed by atoms with Crippen LogP contribution in [0, 0.1) is 6.92 Å². The number of hydrogen-bond donors (Lipinski definition) is 2. The molecule has 34 heavy (non-hydrogen) atoms. The Balaban J connectivity index is 1.59. The first-order valence-electron chi connectivity index (χ1n) is 9.55. The smallest absolute Gasteiger partial charge is 0.296 e. The fourth-order valence-electron chi connectivity index (χ4n) is 3.07. The number of nitrogens with one attached hydrogen (secondary N) is 2. The van der Waals surface area contributed by atoms with Gasteiger partial charge in [-0.25, -0.2) is 4.68 Å². The van der Waals surface area contributed by atoms with Gasteiger partial charge in [0.15, 0.2) is 0 Å². The number of carbonyl (C=O) groups is 1. The van der Waals surface area contributed by atoms with Crippen molar-refractivity contribution < 1.29 is 13.2 Å². The van der Waals surface area contributed by atoms with Gasteiger partial charge in [-0.1, -0.05) is 52.7 Å². The second-order valence-electron chi connectivity index (χ2n) is 6.99. The Morgan fingerprint density at radius 1 is 1.09 bits per heavy atom. The van der Waals surface area contributed by atoms with Gasteiger partial charge in [0.1, 0.15) is 5.69 Å². The number of hydrogen-bond acceptors (Lipinski definition) is 7. The van der Waals surface area contributed by atoms with Crippen LogP contribution in [0.25, 0.3) is 5.69 Å². The molecule has 10 nitrogen and oxygen atoms in total. The summed E-state index contributed by atoms with van der Waals surface area (Å²) in [5.74, 6) is -0.612. The molecule has 0 saturated heterocycles. The molecule has 0 atom stereocenters. The summed E-state index contributed by atoms with van der Waals surface area (Å²) in [6.07, 6.45) is 0. The summed E-state index contributed by atoms with van der Waals surface area (Å²) in [6, 6.07) is 13.1. The van der Waals surface area contributed by atoms with E-state index >= 15 is 0 Å². The minimum absolute atomic E-state index is 0.0668. The van der Waals surface area contributed by atoms with E-state index in [1.54, 1.807) is 44.3 Å². The molecular formula is C20H16Cl2N6O4S2. The third-order valence-corrected chi connectivity index (χ3v) is 7.93. The molecule has 0 unspecified atom stereocenters. The maximum atomic E-state index is 13.0. The number of nitrogens with zero attached hydrogens (tertiary/aromatic N) is 4. The van der Waals surface area contributed by atoms with Gasteiger partial charge < -0.3 is 0 Å². The number of halogens is 2. The van der Waals surface area contributed by atoms with E-state index in [1.807, 2.05) is 0 Å². The number of sulfonamides is 1. The maximum Gasteiger partial charge on any atom is 0.296 e. The van der Waals surface area contributed by atoms with E-state index in [9.17, 15) is 18.0 Å². The number of anilines is 2. The number of benzene rings is 2. The van der Waals surface area contributed by atoms with Crippen LogP contribution < -0.4 is 15.6 Å². The van der Waals surface area contributed by atoms with Crippen molar-refractivity contribution in [2.75, 3.05) is 10.0 Å². The van der Waals surface area contributed by atoms with Crippen molar-refractivity contribution in [3.63, 3.8) is 0 Å². The van der Waals surface area contributed by atoms with Gasteiger partial charge in [-0.15, -0.1) is 10.2 Å². The maximum absolute atomic E-state index is 13.0. The lowest BCUT2D eigenvalue weighted by atomic mass is 10.2. The lowest BCUT2D eigenvalue weighted by Crippen LogP contribution is -2.23. The summed E-state index contributed by atoms with van der Waals surface area (Å²) in [4.78, 5) is 25.4. The van der Waals surface area contributed by atoms with E-state index in [1.165, 1.54) is 27.6 Å². The lowest BCUT2D eigenvalue weighted by molar-refractivity contribution is 0.102. The molecule has 0 radical (unpaired) electrons. The van der Waals surface area contributed by atoms with Crippen LogP contribution in [0.2, 0.25) is 10.0 Å². The van der Waals surface area contributed by atoms with E-state index in [2.05, 4.69) is 20.2 Å². The molecule has 0 aliphatic rings. The van der Waals surface area contributed by atoms with Crippen LogP contribution in [-0.4, -0.2) is 33.9 Å². The third kappa shape index (κ3) is 4.57. The van der Waals surface area contributed by atoms with Crippen LogP contribution in [0.5, 0.6) is 0 Å². The third-order valence-electron chi connectivity index (χ3n) is 4.82. The molecule has 4 rings (SSSR count). The number of amides is 1. The van der Waals surface area contributed by atoms with Crippen LogP contribution in [-0.2, 0) is 17.1 Å². The largest absolute Gasteiger partial charge is 0.296 e. The Morgan fingerprint density at radius 3 is 2.47 bits per heavy atom. The zero-order valence-corrected chi connectivity index (χ0v) is 20.8. The highest BCUT2D eigenvalue weighted by Crippen LogP contribution is 2.26. The van der Waals surface area contributed by atoms with Crippen LogP contribution in [0.1, 0.15) is 16.1 Å². The molecule has 0 spiro atoms. The van der Waals surface area contributed by atoms with Gasteiger partial charge in [0.25, 0.3) is 25.8 Å². The number of rotatable bonds is 6. The molecular weight excluding hydrogens is 523 g/mol. The van der Waals surface area contributed by atoms with Gasteiger partial charge in [-0.2, -0.15) is 8.42 Å². The molecule has 176 valence electrons. The Bertz CT molecular complexity index is 1560. The molecule has 0 fully saturated rings. The summed E-state index contributed by atoms with van der Waals surface area (Å²) in [5, 5.41) is 10.2. The second-order valence-corrected chi connectivity index (χ2v) is 10.7. The first-order valence-corrected chi connectivity index (χ1v) is 12.6. The molecule has 2 heterocycles. The number of aromatic nitrogens is 4. The first-order chi connectivity index (χ1) is 16.1. The number of carbonyl (C=O) groups excluding carboxylic acids is 1.